The Hall–Kier alpha value is -2.14. The molecule has 2 aromatic rings. The number of methoxy groups -OCH3 is 1. The lowest BCUT2D eigenvalue weighted by Crippen LogP contribution is -2.04. The third-order valence-corrected chi connectivity index (χ3v) is 2.73. The molecule has 0 radical (unpaired) electrons. The molecule has 19 heavy (non-hydrogen) atoms. The Kier molecular flexibility index (Phi) is 3.66. The molecular weight excluding hydrogens is 268 g/mol. The van der Waals surface area contributed by atoms with E-state index in [9.17, 15) is 4.79 Å². The molecule has 0 amide bonds. The molecule has 2 rings (SSSR count). The SMILES string of the molecule is COc1ccc(Cl)cc1-c1cc(C(=O)O)nc(C)n1. The summed E-state index contributed by atoms with van der Waals surface area (Å²) in [5.74, 6) is -0.163. The van der Waals surface area contributed by atoms with Crippen LogP contribution >= 0.6 is 11.6 Å². The molecule has 0 bridgehead atoms. The second-order valence-electron chi connectivity index (χ2n) is 3.84. The van der Waals surface area contributed by atoms with Crippen LogP contribution in [0.25, 0.3) is 11.3 Å². The van der Waals surface area contributed by atoms with Crippen molar-refractivity contribution < 1.29 is 14.6 Å². The molecule has 1 heterocycles. The van der Waals surface area contributed by atoms with E-state index in [-0.39, 0.29) is 5.69 Å². The maximum atomic E-state index is 11.0. The first-order valence-electron chi connectivity index (χ1n) is 5.44. The molecule has 0 saturated carbocycles. The van der Waals surface area contributed by atoms with Gasteiger partial charge in [-0.05, 0) is 31.2 Å². The first-order chi connectivity index (χ1) is 9.01. The zero-order chi connectivity index (χ0) is 14.0. The first-order valence-corrected chi connectivity index (χ1v) is 5.82. The second kappa shape index (κ2) is 5.24. The largest absolute Gasteiger partial charge is 0.496 e. The summed E-state index contributed by atoms with van der Waals surface area (Å²) >= 11 is 5.95. The van der Waals surface area contributed by atoms with Gasteiger partial charge < -0.3 is 9.84 Å². The van der Waals surface area contributed by atoms with Crippen molar-refractivity contribution in [3.05, 3.63) is 40.8 Å². The normalized spacial score (nSPS) is 10.3. The molecule has 0 aliphatic carbocycles. The standard InChI is InChI=1S/C13H11ClN2O3/c1-7-15-10(6-11(16-7)13(17)18)9-5-8(14)3-4-12(9)19-2/h3-6H,1-2H3,(H,17,18). The predicted molar refractivity (Wildman–Crippen MR) is 70.7 cm³/mol. The lowest BCUT2D eigenvalue weighted by molar-refractivity contribution is 0.0690. The topological polar surface area (TPSA) is 72.3 Å². The third kappa shape index (κ3) is 2.82. The summed E-state index contributed by atoms with van der Waals surface area (Å²) in [6, 6.07) is 6.46. The molecule has 0 aliphatic heterocycles. The van der Waals surface area contributed by atoms with Crippen LogP contribution in [0.3, 0.4) is 0 Å². The van der Waals surface area contributed by atoms with E-state index in [0.29, 0.717) is 27.9 Å². The maximum Gasteiger partial charge on any atom is 0.354 e. The number of hydrogen-bond donors (Lipinski definition) is 1. The summed E-state index contributed by atoms with van der Waals surface area (Å²) in [6.45, 7) is 1.63. The second-order valence-corrected chi connectivity index (χ2v) is 4.27. The van der Waals surface area contributed by atoms with Crippen molar-refractivity contribution in [3.63, 3.8) is 0 Å². The molecule has 98 valence electrons. The lowest BCUT2D eigenvalue weighted by Gasteiger charge is -2.09. The van der Waals surface area contributed by atoms with Crippen molar-refractivity contribution in [1.82, 2.24) is 9.97 Å². The Morgan fingerprint density at radius 3 is 2.68 bits per heavy atom. The summed E-state index contributed by atoms with van der Waals surface area (Å²) < 4.78 is 5.23. The van der Waals surface area contributed by atoms with E-state index < -0.39 is 5.97 Å². The van der Waals surface area contributed by atoms with Gasteiger partial charge in [0.05, 0.1) is 12.8 Å². The number of halogens is 1. The molecule has 1 aromatic carbocycles. The number of carbonyl (C=O) groups is 1. The van der Waals surface area contributed by atoms with Gasteiger partial charge in [0.15, 0.2) is 5.69 Å². The molecule has 1 aromatic heterocycles. The van der Waals surface area contributed by atoms with Gasteiger partial charge in [-0.15, -0.1) is 0 Å². The molecular formula is C13H11ClN2O3. The summed E-state index contributed by atoms with van der Waals surface area (Å²) in [4.78, 5) is 19.1. The van der Waals surface area contributed by atoms with Gasteiger partial charge >= 0.3 is 5.97 Å². The minimum absolute atomic E-state index is 0.0653. The van der Waals surface area contributed by atoms with Crippen LogP contribution in [0.5, 0.6) is 5.75 Å². The Bertz CT molecular complexity index is 644. The highest BCUT2D eigenvalue weighted by molar-refractivity contribution is 6.31. The summed E-state index contributed by atoms with van der Waals surface area (Å²) in [5.41, 5.74) is 1.02. The average Bonchev–Trinajstić information content (AvgIpc) is 2.37. The quantitative estimate of drug-likeness (QED) is 0.934. The van der Waals surface area contributed by atoms with Crippen molar-refractivity contribution in [2.45, 2.75) is 6.92 Å². The summed E-state index contributed by atoms with van der Waals surface area (Å²) in [7, 11) is 1.53. The van der Waals surface area contributed by atoms with Crippen LogP contribution in [0.2, 0.25) is 5.02 Å². The van der Waals surface area contributed by atoms with E-state index >= 15 is 0 Å². The molecule has 0 spiro atoms. The van der Waals surface area contributed by atoms with Gasteiger partial charge in [0, 0.05) is 10.6 Å². The number of benzene rings is 1. The highest BCUT2D eigenvalue weighted by Crippen LogP contribution is 2.31. The minimum atomic E-state index is -1.10. The number of rotatable bonds is 3. The molecule has 1 N–H and O–H groups in total. The molecule has 6 heteroatoms. The Labute approximate surface area is 114 Å². The lowest BCUT2D eigenvalue weighted by atomic mass is 10.1. The predicted octanol–water partition coefficient (Wildman–Crippen LogP) is 2.81. The van der Waals surface area contributed by atoms with E-state index in [0.717, 1.165) is 0 Å². The highest BCUT2D eigenvalue weighted by atomic mass is 35.5. The molecule has 0 saturated heterocycles. The van der Waals surface area contributed by atoms with E-state index in [2.05, 4.69) is 9.97 Å². The van der Waals surface area contributed by atoms with Crippen LogP contribution in [-0.2, 0) is 0 Å². The number of aromatic nitrogens is 2. The van der Waals surface area contributed by atoms with Crippen LogP contribution in [0.15, 0.2) is 24.3 Å². The molecule has 0 fully saturated rings. The number of ether oxygens (including phenoxy) is 1. The Morgan fingerprint density at radius 1 is 1.32 bits per heavy atom. The summed E-state index contributed by atoms with van der Waals surface area (Å²) in [5, 5.41) is 9.53. The number of carboxylic acids is 1. The maximum absolute atomic E-state index is 11.0. The van der Waals surface area contributed by atoms with Gasteiger partial charge in [-0.1, -0.05) is 11.6 Å². The number of aryl methyl sites for hydroxylation is 1. The Balaban J connectivity index is 2.64. The average molecular weight is 279 g/mol. The monoisotopic (exact) mass is 278 g/mol. The van der Waals surface area contributed by atoms with Crippen molar-refractivity contribution in [3.8, 4) is 17.0 Å². The van der Waals surface area contributed by atoms with Crippen molar-refractivity contribution in [1.29, 1.82) is 0 Å². The highest BCUT2D eigenvalue weighted by Gasteiger charge is 2.13. The zero-order valence-corrected chi connectivity index (χ0v) is 11.1. The molecule has 0 atom stereocenters. The fourth-order valence-electron chi connectivity index (χ4n) is 1.70. The van der Waals surface area contributed by atoms with Gasteiger partial charge in [0.2, 0.25) is 0 Å². The van der Waals surface area contributed by atoms with Crippen molar-refractivity contribution in [2.75, 3.05) is 7.11 Å². The third-order valence-electron chi connectivity index (χ3n) is 2.49. The van der Waals surface area contributed by atoms with Gasteiger partial charge in [0.25, 0.3) is 0 Å². The fourth-order valence-corrected chi connectivity index (χ4v) is 1.87. The fraction of sp³-hybridized carbons (Fsp3) is 0.154. The van der Waals surface area contributed by atoms with Gasteiger partial charge in [-0.2, -0.15) is 0 Å². The number of carboxylic acid groups (broad SMARTS) is 1. The van der Waals surface area contributed by atoms with Crippen LogP contribution in [-0.4, -0.2) is 28.2 Å². The van der Waals surface area contributed by atoms with E-state index in [1.165, 1.54) is 13.2 Å². The van der Waals surface area contributed by atoms with Gasteiger partial charge in [0.1, 0.15) is 11.6 Å². The van der Waals surface area contributed by atoms with E-state index in [1.807, 2.05) is 0 Å². The van der Waals surface area contributed by atoms with E-state index in [1.54, 1.807) is 25.1 Å². The number of aromatic carboxylic acids is 1. The van der Waals surface area contributed by atoms with Crippen LogP contribution in [0.1, 0.15) is 16.3 Å². The Morgan fingerprint density at radius 2 is 2.05 bits per heavy atom. The summed E-state index contributed by atoms with van der Waals surface area (Å²) in [6.07, 6.45) is 0. The van der Waals surface area contributed by atoms with Gasteiger partial charge in [-0.25, -0.2) is 14.8 Å². The van der Waals surface area contributed by atoms with Gasteiger partial charge in [-0.3, -0.25) is 0 Å². The van der Waals surface area contributed by atoms with Crippen molar-refractivity contribution >= 4 is 17.6 Å². The van der Waals surface area contributed by atoms with Crippen LogP contribution in [0, 0.1) is 6.92 Å². The zero-order valence-electron chi connectivity index (χ0n) is 10.3. The smallest absolute Gasteiger partial charge is 0.354 e. The molecule has 5 nitrogen and oxygen atoms in total. The van der Waals surface area contributed by atoms with Crippen molar-refractivity contribution in [2.24, 2.45) is 0 Å². The van der Waals surface area contributed by atoms with Crippen LogP contribution < -0.4 is 4.74 Å². The van der Waals surface area contributed by atoms with Crippen LogP contribution in [0.4, 0.5) is 0 Å². The van der Waals surface area contributed by atoms with E-state index in [4.69, 9.17) is 21.4 Å². The first kappa shape index (κ1) is 13.3. The molecule has 0 aliphatic rings. The number of hydrogen-bond acceptors (Lipinski definition) is 4. The minimum Gasteiger partial charge on any atom is -0.496 e. The number of nitrogens with zero attached hydrogens (tertiary/aromatic N) is 2. The molecule has 0 unspecified atom stereocenters.